The molecule has 1 amide bonds. The van der Waals surface area contributed by atoms with Gasteiger partial charge in [-0.1, -0.05) is 19.1 Å². The van der Waals surface area contributed by atoms with Crippen molar-refractivity contribution in [1.29, 1.82) is 0 Å². The van der Waals surface area contributed by atoms with E-state index in [0.717, 1.165) is 6.42 Å². The second kappa shape index (κ2) is 5.24. The molecule has 4 heteroatoms. The number of ether oxygens (including phenoxy) is 1. The molecule has 4 nitrogen and oxygen atoms in total. The Morgan fingerprint density at radius 3 is 2.67 bits per heavy atom. The number of nitrogen functional groups attached to an aromatic ring is 1. The number of anilines is 2. The van der Waals surface area contributed by atoms with Crippen LogP contribution in [-0.2, 0) is 4.74 Å². The minimum Gasteiger partial charge on any atom is -0.452 e. The van der Waals surface area contributed by atoms with Crippen LogP contribution in [0.4, 0.5) is 16.2 Å². The summed E-state index contributed by atoms with van der Waals surface area (Å²) in [5.41, 5.74) is 7.07. The average Bonchev–Trinajstić information content (AvgIpc) is 2.26. The van der Waals surface area contributed by atoms with Gasteiger partial charge in [0.2, 0.25) is 0 Å². The number of benzene rings is 1. The summed E-state index contributed by atoms with van der Waals surface area (Å²) < 4.78 is 4.71. The summed E-state index contributed by atoms with van der Waals surface area (Å²) in [6.45, 7) is 2.59. The second-order valence-corrected chi connectivity index (χ2v) is 3.18. The van der Waals surface area contributed by atoms with Crippen molar-refractivity contribution >= 4 is 17.5 Å². The third kappa shape index (κ3) is 2.62. The molecule has 0 aliphatic heterocycles. The third-order valence-electron chi connectivity index (χ3n) is 2.07. The molecule has 0 heterocycles. The molecule has 15 heavy (non-hydrogen) atoms. The Labute approximate surface area is 89.6 Å². The number of carbonyl (C=O) groups is 1. The van der Waals surface area contributed by atoms with Gasteiger partial charge < -0.3 is 10.5 Å². The highest BCUT2D eigenvalue weighted by Gasteiger charge is 2.16. The monoisotopic (exact) mass is 208 g/mol. The number of nitrogens with two attached hydrogens (primary N) is 1. The molecule has 0 atom stereocenters. The van der Waals surface area contributed by atoms with Gasteiger partial charge in [0.05, 0.1) is 18.5 Å². The Balaban J connectivity index is 2.98. The lowest BCUT2D eigenvalue weighted by Crippen LogP contribution is -2.32. The van der Waals surface area contributed by atoms with Crippen LogP contribution in [0.3, 0.4) is 0 Å². The summed E-state index contributed by atoms with van der Waals surface area (Å²) in [6, 6.07) is 7.25. The summed E-state index contributed by atoms with van der Waals surface area (Å²) >= 11 is 0. The van der Waals surface area contributed by atoms with Gasteiger partial charge in [-0.05, 0) is 18.6 Å². The second-order valence-electron chi connectivity index (χ2n) is 3.18. The molecular weight excluding hydrogens is 192 g/mol. The molecular formula is C11H16N2O2. The van der Waals surface area contributed by atoms with Gasteiger partial charge in [0.1, 0.15) is 0 Å². The zero-order chi connectivity index (χ0) is 11.3. The molecule has 1 rings (SSSR count). The topological polar surface area (TPSA) is 55.6 Å². The fourth-order valence-electron chi connectivity index (χ4n) is 1.38. The molecule has 0 spiro atoms. The van der Waals surface area contributed by atoms with Gasteiger partial charge in [0, 0.05) is 6.54 Å². The van der Waals surface area contributed by atoms with Crippen LogP contribution in [0.25, 0.3) is 0 Å². The molecule has 0 saturated heterocycles. The van der Waals surface area contributed by atoms with E-state index in [1.165, 1.54) is 12.0 Å². The number of nitrogens with zero attached hydrogens (tertiary/aromatic N) is 1. The summed E-state index contributed by atoms with van der Waals surface area (Å²) in [5, 5.41) is 0. The standard InChI is InChI=1S/C11H16N2O2/c1-3-8-13(11(14)15-2)10-7-5-4-6-9(10)12/h4-7H,3,8,12H2,1-2H3. The predicted octanol–water partition coefficient (Wildman–Crippen LogP) is 2.25. The van der Waals surface area contributed by atoms with E-state index in [0.29, 0.717) is 17.9 Å². The Morgan fingerprint density at radius 1 is 1.47 bits per heavy atom. The lowest BCUT2D eigenvalue weighted by atomic mass is 10.2. The quantitative estimate of drug-likeness (QED) is 0.775. The minimum absolute atomic E-state index is 0.380. The molecule has 82 valence electrons. The zero-order valence-corrected chi connectivity index (χ0v) is 9.06. The maximum atomic E-state index is 11.5. The van der Waals surface area contributed by atoms with E-state index in [9.17, 15) is 4.79 Å². The van der Waals surface area contributed by atoms with Crippen LogP contribution < -0.4 is 10.6 Å². The molecule has 0 radical (unpaired) electrons. The van der Waals surface area contributed by atoms with Gasteiger partial charge in [0.25, 0.3) is 0 Å². The maximum absolute atomic E-state index is 11.5. The molecule has 0 fully saturated rings. The van der Waals surface area contributed by atoms with Crippen molar-refractivity contribution in [1.82, 2.24) is 0 Å². The highest BCUT2D eigenvalue weighted by Crippen LogP contribution is 2.23. The van der Waals surface area contributed by atoms with Crippen LogP contribution in [0.1, 0.15) is 13.3 Å². The van der Waals surface area contributed by atoms with Crippen molar-refractivity contribution < 1.29 is 9.53 Å². The van der Waals surface area contributed by atoms with E-state index >= 15 is 0 Å². The summed E-state index contributed by atoms with van der Waals surface area (Å²) in [5.74, 6) is 0. The Bertz CT molecular complexity index is 339. The van der Waals surface area contributed by atoms with E-state index in [-0.39, 0.29) is 6.09 Å². The van der Waals surface area contributed by atoms with E-state index in [1.54, 1.807) is 6.07 Å². The highest BCUT2D eigenvalue weighted by atomic mass is 16.5. The molecule has 0 aliphatic carbocycles. The fraction of sp³-hybridized carbons (Fsp3) is 0.364. The van der Waals surface area contributed by atoms with Gasteiger partial charge in [-0.15, -0.1) is 0 Å². The third-order valence-corrected chi connectivity index (χ3v) is 2.07. The van der Waals surface area contributed by atoms with Gasteiger partial charge in [-0.3, -0.25) is 4.90 Å². The van der Waals surface area contributed by atoms with Gasteiger partial charge in [-0.25, -0.2) is 4.79 Å². The van der Waals surface area contributed by atoms with E-state index in [4.69, 9.17) is 10.5 Å². The Hall–Kier alpha value is -1.71. The molecule has 1 aromatic rings. The number of hydrogen-bond donors (Lipinski definition) is 1. The largest absolute Gasteiger partial charge is 0.452 e. The molecule has 0 unspecified atom stereocenters. The fourth-order valence-corrected chi connectivity index (χ4v) is 1.38. The first-order valence-electron chi connectivity index (χ1n) is 4.90. The summed E-state index contributed by atoms with van der Waals surface area (Å²) in [6.07, 6.45) is 0.471. The van der Waals surface area contributed by atoms with Gasteiger partial charge in [0.15, 0.2) is 0 Å². The van der Waals surface area contributed by atoms with Crippen molar-refractivity contribution in [3.63, 3.8) is 0 Å². The first-order chi connectivity index (χ1) is 7.20. The van der Waals surface area contributed by atoms with E-state index in [1.807, 2.05) is 25.1 Å². The Morgan fingerprint density at radius 2 is 2.13 bits per heavy atom. The lowest BCUT2D eigenvalue weighted by molar-refractivity contribution is 0.178. The molecule has 0 aromatic heterocycles. The number of para-hydroxylation sites is 2. The number of amides is 1. The molecule has 0 saturated carbocycles. The lowest BCUT2D eigenvalue weighted by Gasteiger charge is -2.21. The van der Waals surface area contributed by atoms with Crippen LogP contribution in [-0.4, -0.2) is 19.7 Å². The van der Waals surface area contributed by atoms with Crippen LogP contribution >= 0.6 is 0 Å². The average molecular weight is 208 g/mol. The van der Waals surface area contributed by atoms with E-state index in [2.05, 4.69) is 0 Å². The van der Waals surface area contributed by atoms with Crippen LogP contribution in [0.15, 0.2) is 24.3 Å². The highest BCUT2D eigenvalue weighted by molar-refractivity contribution is 5.91. The normalized spacial score (nSPS) is 9.73. The molecule has 0 bridgehead atoms. The van der Waals surface area contributed by atoms with Crippen LogP contribution in [0, 0.1) is 0 Å². The first kappa shape index (κ1) is 11.4. The van der Waals surface area contributed by atoms with Crippen molar-refractivity contribution in [2.45, 2.75) is 13.3 Å². The van der Waals surface area contributed by atoms with Crippen molar-refractivity contribution in [3.8, 4) is 0 Å². The number of hydrogen-bond acceptors (Lipinski definition) is 3. The molecule has 2 N–H and O–H groups in total. The smallest absolute Gasteiger partial charge is 0.414 e. The van der Waals surface area contributed by atoms with E-state index < -0.39 is 0 Å². The van der Waals surface area contributed by atoms with Crippen molar-refractivity contribution in [2.24, 2.45) is 0 Å². The number of carbonyl (C=O) groups excluding carboxylic acids is 1. The summed E-state index contributed by atoms with van der Waals surface area (Å²) in [4.78, 5) is 13.0. The summed E-state index contributed by atoms with van der Waals surface area (Å²) in [7, 11) is 1.37. The zero-order valence-electron chi connectivity index (χ0n) is 9.06. The number of rotatable bonds is 3. The predicted molar refractivity (Wildman–Crippen MR) is 60.9 cm³/mol. The number of methoxy groups -OCH3 is 1. The SMILES string of the molecule is CCCN(C(=O)OC)c1ccccc1N. The van der Waals surface area contributed by atoms with Crippen molar-refractivity contribution in [2.75, 3.05) is 24.3 Å². The van der Waals surface area contributed by atoms with Gasteiger partial charge >= 0.3 is 6.09 Å². The minimum atomic E-state index is -0.380. The Kier molecular flexibility index (Phi) is 3.97. The maximum Gasteiger partial charge on any atom is 0.414 e. The van der Waals surface area contributed by atoms with Gasteiger partial charge in [-0.2, -0.15) is 0 Å². The molecule has 0 aliphatic rings. The van der Waals surface area contributed by atoms with Crippen molar-refractivity contribution in [3.05, 3.63) is 24.3 Å². The molecule has 1 aromatic carbocycles. The van der Waals surface area contributed by atoms with Crippen LogP contribution in [0.5, 0.6) is 0 Å². The first-order valence-corrected chi connectivity index (χ1v) is 4.90. The van der Waals surface area contributed by atoms with Crippen LogP contribution in [0.2, 0.25) is 0 Å².